The van der Waals surface area contributed by atoms with E-state index in [9.17, 15) is 0 Å². The fourth-order valence-corrected chi connectivity index (χ4v) is 6.48. The fourth-order valence-electron chi connectivity index (χ4n) is 6.48. The number of fused-ring (bicyclic) bond motifs is 3. The van der Waals surface area contributed by atoms with E-state index in [0.29, 0.717) is 0 Å². The van der Waals surface area contributed by atoms with Crippen LogP contribution in [0.25, 0.3) is 71.6 Å². The van der Waals surface area contributed by atoms with E-state index >= 15 is 0 Å². The monoisotopic (exact) mass is 536 g/mol. The van der Waals surface area contributed by atoms with Crippen LogP contribution in [0.1, 0.15) is 5.82 Å². The number of hydrogen-bond donors (Lipinski definition) is 0. The predicted molar refractivity (Wildman–Crippen MR) is 177 cm³/mol. The normalized spacial score (nSPS) is 11.5. The number of benzene rings is 7. The van der Waals surface area contributed by atoms with Crippen molar-refractivity contribution in [3.8, 4) is 39.1 Å². The highest BCUT2D eigenvalue weighted by atomic mass is 15.1. The van der Waals surface area contributed by atoms with Gasteiger partial charge in [0.15, 0.2) is 0 Å². The van der Waals surface area contributed by atoms with Crippen molar-refractivity contribution in [3.05, 3.63) is 157 Å². The molecule has 0 aliphatic carbocycles. The number of nitrogens with zero attached hydrogens (tertiary/aromatic N) is 2. The maximum atomic E-state index is 4.78. The van der Waals surface area contributed by atoms with Crippen molar-refractivity contribution in [1.29, 1.82) is 0 Å². The van der Waals surface area contributed by atoms with Crippen LogP contribution >= 0.6 is 0 Å². The molecule has 1 aromatic heterocycles. The van der Waals surface area contributed by atoms with E-state index in [0.717, 1.165) is 22.5 Å². The molecule has 0 fully saturated rings. The van der Waals surface area contributed by atoms with Gasteiger partial charge in [0, 0.05) is 5.69 Å². The van der Waals surface area contributed by atoms with Crippen LogP contribution in [0.5, 0.6) is 0 Å². The second-order valence-corrected chi connectivity index (χ2v) is 10.8. The van der Waals surface area contributed by atoms with E-state index in [1.54, 1.807) is 0 Å². The molecule has 8 aromatic rings. The number of para-hydroxylation sites is 2. The zero-order valence-corrected chi connectivity index (χ0v) is 23.3. The summed E-state index contributed by atoms with van der Waals surface area (Å²) >= 11 is 0. The molecule has 0 aliphatic heterocycles. The molecule has 0 spiro atoms. The molecule has 0 saturated heterocycles. The van der Waals surface area contributed by atoms with Crippen molar-refractivity contribution >= 4 is 32.6 Å². The average molecular weight is 537 g/mol. The van der Waals surface area contributed by atoms with E-state index in [2.05, 4.69) is 157 Å². The Balaban J connectivity index is 1.34. The summed E-state index contributed by atoms with van der Waals surface area (Å²) in [5.74, 6) is 0.988. The summed E-state index contributed by atoms with van der Waals surface area (Å²) in [7, 11) is 0. The molecule has 198 valence electrons. The number of aromatic nitrogens is 2. The van der Waals surface area contributed by atoms with Gasteiger partial charge in [0.05, 0.1) is 11.0 Å². The van der Waals surface area contributed by atoms with Crippen LogP contribution in [-0.4, -0.2) is 9.55 Å². The summed E-state index contributed by atoms with van der Waals surface area (Å²) in [6, 6.07) is 54.5. The molecule has 2 nitrogen and oxygen atoms in total. The van der Waals surface area contributed by atoms with Crippen LogP contribution in [0, 0.1) is 6.92 Å². The summed E-state index contributed by atoms with van der Waals surface area (Å²) in [4.78, 5) is 4.78. The summed E-state index contributed by atoms with van der Waals surface area (Å²) < 4.78 is 2.23. The topological polar surface area (TPSA) is 17.8 Å². The van der Waals surface area contributed by atoms with E-state index in [1.807, 2.05) is 6.07 Å². The summed E-state index contributed by atoms with van der Waals surface area (Å²) in [5.41, 5.74) is 10.7. The lowest BCUT2D eigenvalue weighted by molar-refractivity contribution is 1.00. The van der Waals surface area contributed by atoms with E-state index in [1.165, 1.54) is 54.9 Å². The Kier molecular flexibility index (Phi) is 5.72. The van der Waals surface area contributed by atoms with Crippen LogP contribution in [0.2, 0.25) is 0 Å². The van der Waals surface area contributed by atoms with Crippen molar-refractivity contribution in [2.45, 2.75) is 6.92 Å². The van der Waals surface area contributed by atoms with Gasteiger partial charge in [-0.15, -0.1) is 0 Å². The number of rotatable bonds is 4. The molecule has 0 N–H and O–H groups in total. The minimum atomic E-state index is 0.988. The first-order valence-electron chi connectivity index (χ1n) is 14.4. The highest BCUT2D eigenvalue weighted by Gasteiger charge is 2.17. The summed E-state index contributed by atoms with van der Waals surface area (Å²) in [6.45, 7) is 2.07. The maximum Gasteiger partial charge on any atom is 0.111 e. The molecule has 0 unspecified atom stereocenters. The number of aryl methyl sites for hydroxylation is 1. The number of hydrogen-bond acceptors (Lipinski definition) is 1. The van der Waals surface area contributed by atoms with Crippen molar-refractivity contribution in [1.82, 2.24) is 9.55 Å². The van der Waals surface area contributed by atoms with Gasteiger partial charge in [-0.3, -0.25) is 4.57 Å². The third-order valence-corrected chi connectivity index (χ3v) is 8.33. The van der Waals surface area contributed by atoms with Crippen molar-refractivity contribution in [2.24, 2.45) is 0 Å². The molecule has 2 heteroatoms. The van der Waals surface area contributed by atoms with Gasteiger partial charge >= 0.3 is 0 Å². The SMILES string of the molecule is Cc1nc2ccccc2n1-c1ccc(-c2c3ccccc3c(-c3cccc(-c4ccccc4)c3)c3ccccc23)cc1. The van der Waals surface area contributed by atoms with Gasteiger partial charge < -0.3 is 0 Å². The molecule has 1 heterocycles. The van der Waals surface area contributed by atoms with Gasteiger partial charge in [-0.1, -0.05) is 121 Å². The minimum Gasteiger partial charge on any atom is -0.297 e. The lowest BCUT2D eigenvalue weighted by atomic mass is 9.85. The molecule has 0 saturated carbocycles. The van der Waals surface area contributed by atoms with E-state index < -0.39 is 0 Å². The highest BCUT2D eigenvalue weighted by molar-refractivity contribution is 6.21. The molecule has 0 radical (unpaired) electrons. The molecular weight excluding hydrogens is 508 g/mol. The Hall–Kier alpha value is -5.47. The number of imidazole rings is 1. The Morgan fingerprint density at radius 2 is 0.952 bits per heavy atom. The van der Waals surface area contributed by atoms with Crippen molar-refractivity contribution in [2.75, 3.05) is 0 Å². The Morgan fingerprint density at radius 3 is 1.62 bits per heavy atom. The first-order valence-corrected chi connectivity index (χ1v) is 14.4. The zero-order chi connectivity index (χ0) is 28.0. The van der Waals surface area contributed by atoms with Gasteiger partial charge in [-0.2, -0.15) is 0 Å². The molecule has 7 aromatic carbocycles. The van der Waals surface area contributed by atoms with Gasteiger partial charge in [0.2, 0.25) is 0 Å². The van der Waals surface area contributed by atoms with Crippen LogP contribution < -0.4 is 0 Å². The van der Waals surface area contributed by atoms with Gasteiger partial charge in [0.1, 0.15) is 5.82 Å². The van der Waals surface area contributed by atoms with Crippen LogP contribution in [0.4, 0.5) is 0 Å². The third-order valence-electron chi connectivity index (χ3n) is 8.33. The molecule has 0 aliphatic rings. The lowest BCUT2D eigenvalue weighted by Gasteiger charge is -2.18. The predicted octanol–water partition coefficient (Wildman–Crippen LogP) is 10.6. The largest absolute Gasteiger partial charge is 0.297 e. The van der Waals surface area contributed by atoms with Gasteiger partial charge in [-0.25, -0.2) is 4.98 Å². The Labute approximate surface area is 245 Å². The molecule has 8 rings (SSSR count). The molecule has 0 bridgehead atoms. The van der Waals surface area contributed by atoms with Crippen LogP contribution in [0.3, 0.4) is 0 Å². The van der Waals surface area contributed by atoms with Crippen molar-refractivity contribution in [3.63, 3.8) is 0 Å². The second-order valence-electron chi connectivity index (χ2n) is 10.8. The Bertz CT molecular complexity index is 2180. The maximum absolute atomic E-state index is 4.78. The smallest absolute Gasteiger partial charge is 0.111 e. The Morgan fingerprint density at radius 1 is 0.429 bits per heavy atom. The third kappa shape index (κ3) is 3.92. The first kappa shape index (κ1) is 24.3. The fraction of sp³-hybridized carbons (Fsp3) is 0.0250. The zero-order valence-electron chi connectivity index (χ0n) is 23.3. The van der Waals surface area contributed by atoms with Crippen LogP contribution in [-0.2, 0) is 0 Å². The molecular formula is C40H28N2. The van der Waals surface area contributed by atoms with Gasteiger partial charge in [-0.05, 0) is 92.2 Å². The minimum absolute atomic E-state index is 0.988. The molecule has 42 heavy (non-hydrogen) atoms. The van der Waals surface area contributed by atoms with E-state index in [4.69, 9.17) is 4.98 Å². The second kappa shape index (κ2) is 9.87. The van der Waals surface area contributed by atoms with Crippen LogP contribution in [0.15, 0.2) is 152 Å². The first-order chi connectivity index (χ1) is 20.8. The molecule has 0 amide bonds. The van der Waals surface area contributed by atoms with Crippen molar-refractivity contribution < 1.29 is 0 Å². The molecule has 0 atom stereocenters. The quantitative estimate of drug-likeness (QED) is 0.205. The highest BCUT2D eigenvalue weighted by Crippen LogP contribution is 2.44. The van der Waals surface area contributed by atoms with E-state index in [-0.39, 0.29) is 0 Å². The summed E-state index contributed by atoms with van der Waals surface area (Å²) in [6.07, 6.45) is 0. The summed E-state index contributed by atoms with van der Waals surface area (Å²) in [5, 5.41) is 5.04. The average Bonchev–Trinajstić information content (AvgIpc) is 3.39. The lowest BCUT2D eigenvalue weighted by Crippen LogP contribution is -1.97. The van der Waals surface area contributed by atoms with Gasteiger partial charge in [0.25, 0.3) is 0 Å². The standard InChI is InChI=1S/C40H28N2/c1-27-41-37-20-9-10-21-38(37)42(27)32-24-22-29(23-25-32)39-33-16-5-7-18-35(33)40(36-19-8-6-17-34(36)39)31-15-11-14-30(26-31)28-12-3-2-4-13-28/h2-26H,1H3.